The molecule has 0 fully saturated rings. The summed E-state index contributed by atoms with van der Waals surface area (Å²) in [6.45, 7) is 6.32. The number of fused-ring (bicyclic) bond motifs is 1. The number of nitrogen functional groups attached to an aromatic ring is 1. The molecule has 3 rings (SSSR count). The van der Waals surface area contributed by atoms with Crippen LogP contribution in [0.15, 0.2) is 60.8 Å². The van der Waals surface area contributed by atoms with Gasteiger partial charge in [0.25, 0.3) is 0 Å². The number of benzene rings is 2. The molecule has 2 N–H and O–H groups in total. The van der Waals surface area contributed by atoms with Crippen molar-refractivity contribution in [2.75, 3.05) is 18.8 Å². The summed E-state index contributed by atoms with van der Waals surface area (Å²) in [5, 5.41) is 1.21. The van der Waals surface area contributed by atoms with Gasteiger partial charge in [-0.3, -0.25) is 4.90 Å². The van der Waals surface area contributed by atoms with Crippen LogP contribution >= 0.6 is 0 Å². The lowest BCUT2D eigenvalue weighted by atomic mass is 10.2. The molecular formula is C19H23N3. The number of nitrogens with two attached hydrogens (primary N) is 1. The first-order valence-corrected chi connectivity index (χ1v) is 7.87. The third kappa shape index (κ3) is 3.31. The topological polar surface area (TPSA) is 34.2 Å². The van der Waals surface area contributed by atoms with Gasteiger partial charge in [0.1, 0.15) is 0 Å². The number of aromatic nitrogens is 1. The number of likely N-dealkylation sites (N-methyl/N-ethyl adjacent to an activating group) is 1. The van der Waals surface area contributed by atoms with E-state index >= 15 is 0 Å². The zero-order chi connectivity index (χ0) is 15.4. The van der Waals surface area contributed by atoms with E-state index in [4.69, 9.17) is 5.73 Å². The van der Waals surface area contributed by atoms with Gasteiger partial charge in [0.2, 0.25) is 0 Å². The monoisotopic (exact) mass is 293 g/mol. The first kappa shape index (κ1) is 14.7. The lowest BCUT2D eigenvalue weighted by molar-refractivity contribution is 0.269. The summed E-state index contributed by atoms with van der Waals surface area (Å²) < 4.78 is 2.31. The van der Waals surface area contributed by atoms with Crippen molar-refractivity contribution in [3.8, 4) is 0 Å². The highest BCUT2D eigenvalue weighted by Crippen LogP contribution is 2.18. The van der Waals surface area contributed by atoms with Crippen molar-refractivity contribution in [1.82, 2.24) is 9.47 Å². The van der Waals surface area contributed by atoms with Crippen molar-refractivity contribution < 1.29 is 0 Å². The Morgan fingerprint density at radius 2 is 1.86 bits per heavy atom. The van der Waals surface area contributed by atoms with Crippen molar-refractivity contribution >= 4 is 16.6 Å². The van der Waals surface area contributed by atoms with Crippen LogP contribution < -0.4 is 5.73 Å². The molecule has 114 valence electrons. The SMILES string of the molecule is CCN(CCn1ccc2cc(N)ccc21)Cc1ccccc1. The van der Waals surface area contributed by atoms with Crippen LogP contribution in [0.2, 0.25) is 0 Å². The quantitative estimate of drug-likeness (QED) is 0.702. The maximum Gasteiger partial charge on any atom is 0.0482 e. The average molecular weight is 293 g/mol. The first-order valence-electron chi connectivity index (χ1n) is 7.87. The minimum Gasteiger partial charge on any atom is -0.399 e. The molecule has 0 radical (unpaired) electrons. The predicted octanol–water partition coefficient (Wildman–Crippen LogP) is 3.75. The third-order valence-corrected chi connectivity index (χ3v) is 4.15. The number of hydrogen-bond donors (Lipinski definition) is 1. The van der Waals surface area contributed by atoms with E-state index in [1.807, 2.05) is 12.1 Å². The summed E-state index contributed by atoms with van der Waals surface area (Å²) in [5.74, 6) is 0. The molecule has 1 aromatic heterocycles. The summed E-state index contributed by atoms with van der Waals surface area (Å²) in [4.78, 5) is 2.47. The summed E-state index contributed by atoms with van der Waals surface area (Å²) >= 11 is 0. The van der Waals surface area contributed by atoms with E-state index in [1.165, 1.54) is 16.5 Å². The first-order chi connectivity index (χ1) is 10.8. The molecule has 0 saturated carbocycles. The molecule has 3 heteroatoms. The van der Waals surface area contributed by atoms with Crippen molar-refractivity contribution in [2.24, 2.45) is 0 Å². The Balaban J connectivity index is 1.67. The molecule has 0 bridgehead atoms. The van der Waals surface area contributed by atoms with Crippen LogP contribution in [0, 0.1) is 0 Å². The van der Waals surface area contributed by atoms with Crippen LogP contribution in [0.1, 0.15) is 12.5 Å². The van der Waals surface area contributed by atoms with Gasteiger partial charge in [-0.05, 0) is 36.4 Å². The van der Waals surface area contributed by atoms with Crippen LogP contribution in [-0.4, -0.2) is 22.6 Å². The minimum atomic E-state index is 0.824. The van der Waals surface area contributed by atoms with E-state index in [0.717, 1.165) is 31.9 Å². The summed E-state index contributed by atoms with van der Waals surface area (Å²) in [5.41, 5.74) is 9.29. The highest BCUT2D eigenvalue weighted by molar-refractivity contribution is 5.83. The molecule has 22 heavy (non-hydrogen) atoms. The number of nitrogens with zero attached hydrogens (tertiary/aromatic N) is 2. The molecule has 0 amide bonds. The molecule has 0 aliphatic carbocycles. The Hall–Kier alpha value is -2.26. The van der Waals surface area contributed by atoms with Gasteiger partial charge in [0.05, 0.1) is 0 Å². The van der Waals surface area contributed by atoms with Crippen molar-refractivity contribution in [2.45, 2.75) is 20.0 Å². The number of hydrogen-bond acceptors (Lipinski definition) is 2. The Bertz CT molecular complexity index is 731. The molecule has 0 atom stereocenters. The van der Waals surface area contributed by atoms with Crippen LogP contribution in [-0.2, 0) is 13.1 Å². The molecule has 0 spiro atoms. The van der Waals surface area contributed by atoms with Crippen LogP contribution in [0.3, 0.4) is 0 Å². The number of rotatable bonds is 6. The highest BCUT2D eigenvalue weighted by atomic mass is 15.1. The average Bonchev–Trinajstić information content (AvgIpc) is 2.94. The second-order valence-corrected chi connectivity index (χ2v) is 5.68. The Morgan fingerprint density at radius 3 is 2.64 bits per heavy atom. The molecular weight excluding hydrogens is 270 g/mol. The van der Waals surface area contributed by atoms with Gasteiger partial charge in [0.15, 0.2) is 0 Å². The second kappa shape index (κ2) is 6.67. The summed E-state index contributed by atoms with van der Waals surface area (Å²) in [6.07, 6.45) is 2.15. The van der Waals surface area contributed by atoms with E-state index in [9.17, 15) is 0 Å². The molecule has 0 saturated heterocycles. The Kier molecular flexibility index (Phi) is 4.45. The molecule has 0 unspecified atom stereocenters. The molecule has 2 aromatic carbocycles. The van der Waals surface area contributed by atoms with Crippen LogP contribution in [0.4, 0.5) is 5.69 Å². The molecule has 0 aliphatic rings. The van der Waals surface area contributed by atoms with Gasteiger partial charge in [-0.2, -0.15) is 0 Å². The molecule has 3 aromatic rings. The van der Waals surface area contributed by atoms with E-state index in [-0.39, 0.29) is 0 Å². The van der Waals surface area contributed by atoms with E-state index in [2.05, 4.69) is 65.1 Å². The van der Waals surface area contributed by atoms with Crippen molar-refractivity contribution in [3.05, 3.63) is 66.4 Å². The van der Waals surface area contributed by atoms with Gasteiger partial charge in [-0.25, -0.2) is 0 Å². The fourth-order valence-corrected chi connectivity index (χ4v) is 2.85. The maximum absolute atomic E-state index is 5.85. The summed E-state index contributed by atoms with van der Waals surface area (Å²) in [7, 11) is 0. The Labute approximate surface area is 132 Å². The third-order valence-electron chi connectivity index (χ3n) is 4.15. The predicted molar refractivity (Wildman–Crippen MR) is 93.7 cm³/mol. The van der Waals surface area contributed by atoms with E-state index < -0.39 is 0 Å². The minimum absolute atomic E-state index is 0.824. The maximum atomic E-state index is 5.85. The molecule has 0 aliphatic heterocycles. The van der Waals surface area contributed by atoms with Gasteiger partial charge in [0, 0.05) is 42.4 Å². The lowest BCUT2D eigenvalue weighted by Crippen LogP contribution is -2.26. The van der Waals surface area contributed by atoms with Crippen molar-refractivity contribution in [3.63, 3.8) is 0 Å². The molecule has 1 heterocycles. The fourth-order valence-electron chi connectivity index (χ4n) is 2.85. The zero-order valence-corrected chi connectivity index (χ0v) is 13.1. The van der Waals surface area contributed by atoms with Gasteiger partial charge >= 0.3 is 0 Å². The van der Waals surface area contributed by atoms with Crippen LogP contribution in [0.5, 0.6) is 0 Å². The Morgan fingerprint density at radius 1 is 1.05 bits per heavy atom. The highest BCUT2D eigenvalue weighted by Gasteiger charge is 2.06. The second-order valence-electron chi connectivity index (χ2n) is 5.68. The fraction of sp³-hybridized carbons (Fsp3) is 0.263. The normalized spacial score (nSPS) is 11.4. The standard InChI is InChI=1S/C19H23N3/c1-2-21(15-16-6-4-3-5-7-16)12-13-22-11-10-17-14-18(20)8-9-19(17)22/h3-11,14H,2,12-13,15,20H2,1H3. The van der Waals surface area contributed by atoms with Gasteiger partial charge < -0.3 is 10.3 Å². The van der Waals surface area contributed by atoms with E-state index in [1.54, 1.807) is 0 Å². The smallest absolute Gasteiger partial charge is 0.0482 e. The lowest BCUT2D eigenvalue weighted by Gasteiger charge is -2.21. The largest absolute Gasteiger partial charge is 0.399 e. The zero-order valence-electron chi connectivity index (χ0n) is 13.1. The van der Waals surface area contributed by atoms with Crippen LogP contribution in [0.25, 0.3) is 10.9 Å². The van der Waals surface area contributed by atoms with Crippen molar-refractivity contribution in [1.29, 1.82) is 0 Å². The van der Waals surface area contributed by atoms with E-state index in [0.29, 0.717) is 0 Å². The number of anilines is 1. The molecule has 3 nitrogen and oxygen atoms in total. The van der Waals surface area contributed by atoms with Gasteiger partial charge in [-0.1, -0.05) is 37.3 Å². The van der Waals surface area contributed by atoms with Gasteiger partial charge in [-0.15, -0.1) is 0 Å². The summed E-state index contributed by atoms with van der Waals surface area (Å²) in [6, 6.07) is 18.9.